The Morgan fingerprint density at radius 2 is 1.43 bits per heavy atom. The molecule has 2 heteroatoms. The number of rotatable bonds is 3. The predicted octanol–water partition coefficient (Wildman–Crippen LogP) is 6.24. The van der Waals surface area contributed by atoms with E-state index >= 15 is 0 Å². The molecule has 0 spiro atoms. The predicted molar refractivity (Wildman–Crippen MR) is 96.7 cm³/mol. The van der Waals surface area contributed by atoms with E-state index in [1.54, 1.807) is 0 Å². The maximum absolute atomic E-state index is 6.33. The van der Waals surface area contributed by atoms with Crippen molar-refractivity contribution in [3.8, 4) is 0 Å². The highest BCUT2D eigenvalue weighted by molar-refractivity contribution is 6.70. The smallest absolute Gasteiger partial charge is 0.242 e. The first-order valence-electron chi connectivity index (χ1n) is 7.71. The fraction of sp³-hybridized carbons (Fsp3) is 0.579. The molecule has 0 aliphatic heterocycles. The molecule has 0 saturated carbocycles. The highest BCUT2D eigenvalue weighted by Gasteiger charge is 2.43. The molecule has 0 radical (unpaired) electrons. The number of hydrogen-bond donors (Lipinski definition) is 0. The van der Waals surface area contributed by atoms with Gasteiger partial charge in [-0.1, -0.05) is 52.0 Å². The molecular weight excluding hydrogens is 272 g/mol. The van der Waals surface area contributed by atoms with Crippen LogP contribution < -0.4 is 0 Å². The van der Waals surface area contributed by atoms with Crippen LogP contribution in [0.3, 0.4) is 0 Å². The normalized spacial score (nSPS) is 24.0. The lowest BCUT2D eigenvalue weighted by Crippen LogP contribution is -2.35. The van der Waals surface area contributed by atoms with Crippen LogP contribution in [-0.4, -0.2) is 8.32 Å². The Bertz CT molecular complexity index is 536. The second kappa shape index (κ2) is 5.31. The van der Waals surface area contributed by atoms with Crippen LogP contribution in [-0.2, 0) is 4.43 Å². The molecule has 0 amide bonds. The highest BCUT2D eigenvalue weighted by atomic mass is 28.4. The summed E-state index contributed by atoms with van der Waals surface area (Å²) in [5.74, 6) is 0.920. The molecule has 0 aromatic carbocycles. The second-order valence-corrected chi connectivity index (χ2v) is 12.6. The molecule has 118 valence electrons. The Hall–Kier alpha value is -1.02. The van der Waals surface area contributed by atoms with Gasteiger partial charge < -0.3 is 4.43 Å². The number of hydrogen-bond acceptors (Lipinski definition) is 1. The van der Waals surface area contributed by atoms with Crippen LogP contribution in [0.1, 0.15) is 41.5 Å². The van der Waals surface area contributed by atoms with E-state index in [1.165, 1.54) is 16.7 Å². The van der Waals surface area contributed by atoms with Gasteiger partial charge >= 0.3 is 0 Å². The Labute approximate surface area is 132 Å². The summed E-state index contributed by atoms with van der Waals surface area (Å²) in [6, 6.07) is 0. The van der Waals surface area contributed by atoms with Crippen LogP contribution in [0, 0.1) is 10.8 Å². The van der Waals surface area contributed by atoms with Crippen molar-refractivity contribution in [1.82, 2.24) is 0 Å². The Balaban J connectivity index is 3.68. The second-order valence-electron chi connectivity index (χ2n) is 8.14. The van der Waals surface area contributed by atoms with Crippen LogP contribution in [0.25, 0.3) is 0 Å². The molecule has 1 aliphatic rings. The fourth-order valence-corrected chi connectivity index (χ4v) is 3.87. The van der Waals surface area contributed by atoms with E-state index in [9.17, 15) is 0 Å². The van der Waals surface area contributed by atoms with Gasteiger partial charge in [0.25, 0.3) is 0 Å². The monoisotopic (exact) mass is 304 g/mol. The molecule has 1 nitrogen and oxygen atoms in total. The topological polar surface area (TPSA) is 9.23 Å². The van der Waals surface area contributed by atoms with Crippen LogP contribution in [0.5, 0.6) is 0 Å². The number of allylic oxidation sites excluding steroid dienone is 5. The van der Waals surface area contributed by atoms with Crippen molar-refractivity contribution >= 4 is 8.32 Å². The van der Waals surface area contributed by atoms with E-state index in [-0.39, 0.29) is 10.8 Å². The summed E-state index contributed by atoms with van der Waals surface area (Å²) in [7, 11) is -1.69. The average Bonchev–Trinajstić information content (AvgIpc) is 2.32. The van der Waals surface area contributed by atoms with Crippen LogP contribution in [0.2, 0.25) is 19.6 Å². The van der Waals surface area contributed by atoms with Gasteiger partial charge in [-0.25, -0.2) is 0 Å². The quantitative estimate of drug-likeness (QED) is 0.341. The van der Waals surface area contributed by atoms with Crippen molar-refractivity contribution in [3.63, 3.8) is 0 Å². The lowest BCUT2D eigenvalue weighted by molar-refractivity contribution is 0.376. The molecule has 1 rings (SSSR count). The molecule has 0 unspecified atom stereocenters. The van der Waals surface area contributed by atoms with E-state index in [2.05, 4.69) is 74.3 Å². The minimum Gasteiger partial charge on any atom is -0.544 e. The minimum absolute atomic E-state index is 0.0357. The molecular formula is C19H32OSi. The minimum atomic E-state index is -1.69. The summed E-state index contributed by atoms with van der Waals surface area (Å²) >= 11 is 0. The molecule has 0 aromatic heterocycles. The summed E-state index contributed by atoms with van der Waals surface area (Å²) in [4.78, 5) is 0. The Morgan fingerprint density at radius 1 is 1.00 bits per heavy atom. The first kappa shape index (κ1) is 18.0. The first-order chi connectivity index (χ1) is 9.26. The van der Waals surface area contributed by atoms with Crippen molar-refractivity contribution in [1.29, 1.82) is 0 Å². The Morgan fingerprint density at radius 3 is 1.81 bits per heavy atom. The molecule has 0 heterocycles. The zero-order chi connectivity index (χ0) is 16.8. The van der Waals surface area contributed by atoms with Gasteiger partial charge in [0.2, 0.25) is 8.32 Å². The fourth-order valence-electron chi connectivity index (χ4n) is 3.02. The molecule has 1 aliphatic carbocycles. The van der Waals surface area contributed by atoms with Crippen LogP contribution in [0.4, 0.5) is 0 Å². The van der Waals surface area contributed by atoms with Crippen molar-refractivity contribution < 1.29 is 4.43 Å². The maximum atomic E-state index is 6.33. The summed E-state index contributed by atoms with van der Waals surface area (Å²) < 4.78 is 6.33. The van der Waals surface area contributed by atoms with E-state index in [0.717, 1.165) is 11.3 Å². The zero-order valence-electron chi connectivity index (χ0n) is 15.4. The third-order valence-corrected chi connectivity index (χ3v) is 5.80. The van der Waals surface area contributed by atoms with Gasteiger partial charge in [0.15, 0.2) is 0 Å². The summed E-state index contributed by atoms with van der Waals surface area (Å²) in [6.07, 6.45) is 1.87. The third-order valence-electron chi connectivity index (χ3n) is 4.97. The molecule has 0 atom stereocenters. The van der Waals surface area contributed by atoms with Crippen molar-refractivity contribution in [2.75, 3.05) is 0 Å². The average molecular weight is 305 g/mol. The molecule has 0 fully saturated rings. The third kappa shape index (κ3) is 3.10. The molecule has 21 heavy (non-hydrogen) atoms. The van der Waals surface area contributed by atoms with Crippen molar-refractivity contribution in [2.45, 2.75) is 61.2 Å². The van der Waals surface area contributed by atoms with Gasteiger partial charge in [0, 0.05) is 16.4 Å². The van der Waals surface area contributed by atoms with Gasteiger partial charge in [-0.2, -0.15) is 0 Å². The van der Waals surface area contributed by atoms with Gasteiger partial charge in [0.05, 0.1) is 0 Å². The van der Waals surface area contributed by atoms with Crippen molar-refractivity contribution in [3.05, 3.63) is 47.3 Å². The van der Waals surface area contributed by atoms with E-state index < -0.39 is 8.32 Å². The molecule has 0 bridgehead atoms. The van der Waals surface area contributed by atoms with Crippen molar-refractivity contribution in [2.24, 2.45) is 10.8 Å². The molecule has 0 saturated heterocycles. The SMILES string of the molecule is C=CC(O[Si](C)(C)C)=C1C(=C)C(C)(C)C(C)=C(C)C1(C)C. The van der Waals surface area contributed by atoms with E-state index in [1.807, 2.05) is 6.08 Å². The Kier molecular flexibility index (Phi) is 4.56. The van der Waals surface area contributed by atoms with Crippen LogP contribution >= 0.6 is 0 Å². The van der Waals surface area contributed by atoms with Gasteiger partial charge in [-0.15, -0.1) is 0 Å². The van der Waals surface area contributed by atoms with Gasteiger partial charge in [-0.3, -0.25) is 0 Å². The maximum Gasteiger partial charge on any atom is 0.242 e. The van der Waals surface area contributed by atoms with Gasteiger partial charge in [0.1, 0.15) is 5.76 Å². The molecule has 0 N–H and O–H groups in total. The lowest BCUT2D eigenvalue weighted by Gasteiger charge is -2.46. The van der Waals surface area contributed by atoms with E-state index in [0.29, 0.717) is 0 Å². The summed E-state index contributed by atoms with van der Waals surface area (Å²) in [5.41, 5.74) is 5.09. The largest absolute Gasteiger partial charge is 0.544 e. The highest BCUT2D eigenvalue weighted by Crippen LogP contribution is 2.55. The van der Waals surface area contributed by atoms with Crippen LogP contribution in [0.15, 0.2) is 47.3 Å². The summed E-state index contributed by atoms with van der Waals surface area (Å²) in [5, 5.41) is 0. The zero-order valence-corrected chi connectivity index (χ0v) is 16.4. The lowest BCUT2D eigenvalue weighted by atomic mass is 9.58. The van der Waals surface area contributed by atoms with E-state index in [4.69, 9.17) is 4.43 Å². The summed E-state index contributed by atoms with van der Waals surface area (Å²) in [6.45, 7) is 28.5. The first-order valence-corrected chi connectivity index (χ1v) is 11.1. The molecule has 0 aromatic rings. The van der Waals surface area contributed by atoms with Gasteiger partial charge in [-0.05, 0) is 45.1 Å². The standard InChI is InChI=1S/C19H32OSi/c1-12-16(20-21(9,10)11)17-15(4)18(5,6)13(2)14(3)19(17,7)8/h12H,1,4H2,2-3,5-11H3.